The fourth-order valence-electron chi connectivity index (χ4n) is 11.1. The van der Waals surface area contributed by atoms with Crippen LogP contribution in [0, 0.1) is 0 Å². The second-order valence-corrected chi connectivity index (χ2v) is 17.9. The van der Waals surface area contributed by atoms with Crippen LogP contribution in [0.25, 0.3) is 109 Å². The van der Waals surface area contributed by atoms with E-state index in [9.17, 15) is 0 Å². The minimum Gasteiger partial charge on any atom is -0.455 e. The van der Waals surface area contributed by atoms with E-state index in [1.165, 1.54) is 5.39 Å². The van der Waals surface area contributed by atoms with Gasteiger partial charge < -0.3 is 23.1 Å². The van der Waals surface area contributed by atoms with Gasteiger partial charge in [-0.25, -0.2) is 0 Å². The molecule has 69 heavy (non-hydrogen) atoms. The lowest BCUT2D eigenvalue weighted by Gasteiger charge is -2.27. The molecule has 0 unspecified atom stereocenters. The second kappa shape index (κ2) is 14.6. The van der Waals surface area contributed by atoms with Crippen molar-refractivity contribution in [3.8, 4) is 0 Å². The minimum absolute atomic E-state index is 0.806. The van der Waals surface area contributed by atoms with Crippen molar-refractivity contribution in [1.29, 1.82) is 0 Å². The number of fused-ring (bicyclic) bond motifs is 16. The number of para-hydroxylation sites is 4. The van der Waals surface area contributed by atoms with E-state index in [0.717, 1.165) is 138 Å². The van der Waals surface area contributed by atoms with E-state index < -0.39 is 0 Å². The van der Waals surface area contributed by atoms with Crippen LogP contribution in [0.4, 0.5) is 34.1 Å². The molecule has 0 amide bonds. The first-order chi connectivity index (χ1) is 34.2. The fourth-order valence-corrected chi connectivity index (χ4v) is 11.1. The van der Waals surface area contributed by atoms with Gasteiger partial charge in [-0.3, -0.25) is 0 Å². The normalized spacial score (nSPS) is 12.1. The van der Waals surface area contributed by atoms with Gasteiger partial charge in [-0.15, -0.1) is 0 Å². The maximum atomic E-state index is 7.20. The molecule has 0 aliphatic carbocycles. The monoisotopic (exact) mass is 882 g/mol. The van der Waals surface area contributed by atoms with Crippen LogP contribution in [0.15, 0.2) is 244 Å². The molecule has 3 heterocycles. The number of benzene rings is 12. The number of nitrogens with zero attached hydrogens (tertiary/aromatic N) is 2. The van der Waals surface area contributed by atoms with Crippen LogP contribution < -0.4 is 9.80 Å². The lowest BCUT2D eigenvalue weighted by molar-refractivity contribution is 0.668. The van der Waals surface area contributed by atoms with Crippen molar-refractivity contribution < 1.29 is 13.3 Å². The van der Waals surface area contributed by atoms with Gasteiger partial charge in [-0.05, 0) is 93.7 Å². The van der Waals surface area contributed by atoms with Gasteiger partial charge in [-0.1, -0.05) is 158 Å². The first kappa shape index (κ1) is 37.9. The van der Waals surface area contributed by atoms with Crippen LogP contribution in [-0.4, -0.2) is 0 Å². The molecule has 0 saturated carbocycles. The Bertz CT molecular complexity index is 4580. The van der Waals surface area contributed by atoms with E-state index in [4.69, 9.17) is 13.3 Å². The zero-order valence-electron chi connectivity index (χ0n) is 37.1. The smallest absolute Gasteiger partial charge is 0.159 e. The van der Waals surface area contributed by atoms with Gasteiger partial charge in [0.05, 0.1) is 28.4 Å². The lowest BCUT2D eigenvalue weighted by Crippen LogP contribution is -2.10. The molecule has 0 saturated heterocycles. The van der Waals surface area contributed by atoms with E-state index in [0.29, 0.717) is 0 Å². The van der Waals surface area contributed by atoms with Crippen molar-refractivity contribution in [2.45, 2.75) is 0 Å². The highest BCUT2D eigenvalue weighted by atomic mass is 16.3. The fraction of sp³-hybridized carbons (Fsp3) is 0. The average molecular weight is 883 g/mol. The minimum atomic E-state index is 0.806. The summed E-state index contributed by atoms with van der Waals surface area (Å²) in [4.78, 5) is 4.69. The van der Waals surface area contributed by atoms with Crippen LogP contribution >= 0.6 is 0 Å². The second-order valence-electron chi connectivity index (χ2n) is 17.9. The molecule has 15 aromatic rings. The van der Waals surface area contributed by atoms with E-state index in [2.05, 4.69) is 216 Å². The third-order valence-electron chi connectivity index (χ3n) is 14.2. The van der Waals surface area contributed by atoms with Crippen LogP contribution in [0.3, 0.4) is 0 Å². The van der Waals surface area contributed by atoms with Gasteiger partial charge in [-0.2, -0.15) is 0 Å². The largest absolute Gasteiger partial charge is 0.455 e. The molecule has 0 fully saturated rings. The van der Waals surface area contributed by atoms with Crippen molar-refractivity contribution in [3.63, 3.8) is 0 Å². The van der Waals surface area contributed by atoms with E-state index in [1.807, 2.05) is 24.3 Å². The summed E-state index contributed by atoms with van der Waals surface area (Å²) in [6.45, 7) is 0. The van der Waals surface area contributed by atoms with Crippen molar-refractivity contribution >= 4 is 143 Å². The molecule has 5 nitrogen and oxygen atoms in total. The van der Waals surface area contributed by atoms with E-state index in [1.54, 1.807) is 0 Å². The zero-order valence-corrected chi connectivity index (χ0v) is 37.1. The summed E-state index contributed by atoms with van der Waals surface area (Å²) in [6.07, 6.45) is 0. The Labute approximate surface area is 394 Å². The molecule has 0 radical (unpaired) electrons. The molecule has 3 aromatic heterocycles. The van der Waals surface area contributed by atoms with Crippen LogP contribution in [0.5, 0.6) is 0 Å². The molecule has 0 bridgehead atoms. The summed E-state index contributed by atoms with van der Waals surface area (Å²) in [5.74, 6) is 0. The Hall–Kier alpha value is -9.32. The van der Waals surface area contributed by atoms with Gasteiger partial charge in [0.15, 0.2) is 11.2 Å². The molecule has 0 aliphatic rings. The number of anilines is 6. The lowest BCUT2D eigenvalue weighted by atomic mass is 9.96. The van der Waals surface area contributed by atoms with Crippen LogP contribution in [0.2, 0.25) is 0 Å². The molecule has 15 rings (SSSR count). The molecule has 0 N–H and O–H groups in total. The van der Waals surface area contributed by atoms with E-state index >= 15 is 0 Å². The molecule has 322 valence electrons. The Morgan fingerprint density at radius 1 is 0.232 bits per heavy atom. The first-order valence-corrected chi connectivity index (χ1v) is 23.4. The van der Waals surface area contributed by atoms with Crippen molar-refractivity contribution in [1.82, 2.24) is 0 Å². The Morgan fingerprint density at radius 2 is 0.638 bits per heavy atom. The summed E-state index contributed by atoms with van der Waals surface area (Å²) < 4.78 is 20.7. The highest BCUT2D eigenvalue weighted by molar-refractivity contribution is 6.31. The zero-order chi connectivity index (χ0) is 45.2. The molecular formula is C64H38N2O3. The summed E-state index contributed by atoms with van der Waals surface area (Å²) in [5.41, 5.74) is 11.1. The predicted molar refractivity (Wildman–Crippen MR) is 288 cm³/mol. The number of rotatable bonds is 6. The maximum Gasteiger partial charge on any atom is 0.159 e. The summed E-state index contributed by atoms with van der Waals surface area (Å²) in [6, 6.07) is 81.9. The molecule has 12 aromatic carbocycles. The molecule has 5 heteroatoms. The highest BCUT2D eigenvalue weighted by Crippen LogP contribution is 2.50. The quantitative estimate of drug-likeness (QED) is 0.156. The highest BCUT2D eigenvalue weighted by Gasteiger charge is 2.25. The summed E-state index contributed by atoms with van der Waals surface area (Å²) in [7, 11) is 0. The number of hydrogen-bond donors (Lipinski definition) is 0. The topological polar surface area (TPSA) is 45.9 Å². The standard InChI is InChI=1S/C64H38N2O3/c1-3-19-43-39(15-1)17-11-27-54(43)65(56-29-13-25-49-46-22-7-9-31-58(46)67-62(49)56)41-33-35-51-53(37-41)45-21-5-6-24-48(45)61-52-36-34-42(38-60(52)69-64(51)61)66(55-28-12-18-40-16-2-4-20-44(40)55)57-30-14-26-50-47-23-8-10-32-59(47)68-63(50)57/h1-38H. The molecule has 0 spiro atoms. The predicted octanol–water partition coefficient (Wildman–Crippen LogP) is 18.9. The number of furan rings is 3. The van der Waals surface area contributed by atoms with Gasteiger partial charge in [0.25, 0.3) is 0 Å². The Morgan fingerprint density at radius 3 is 1.23 bits per heavy atom. The Kier molecular flexibility index (Phi) is 8.00. The third-order valence-corrected chi connectivity index (χ3v) is 14.2. The average Bonchev–Trinajstić information content (AvgIpc) is 4.12. The first-order valence-electron chi connectivity index (χ1n) is 23.4. The summed E-state index contributed by atoms with van der Waals surface area (Å²) >= 11 is 0. The molecule has 0 aliphatic heterocycles. The third kappa shape index (κ3) is 5.59. The van der Waals surface area contributed by atoms with Crippen LogP contribution in [0.1, 0.15) is 0 Å². The van der Waals surface area contributed by atoms with Gasteiger partial charge in [0.2, 0.25) is 0 Å². The SMILES string of the molecule is c1ccc2c(N(c3ccc4c(c3)oc3c5ccc(N(c6cccc7ccccc67)c6cccc7c6oc6ccccc67)cc5c5ccccc5c43)c3cccc4c3oc3ccccc34)cccc2c1. The number of hydrogen-bond acceptors (Lipinski definition) is 5. The van der Waals surface area contributed by atoms with Crippen molar-refractivity contribution in [2.75, 3.05) is 9.80 Å². The van der Waals surface area contributed by atoms with Gasteiger partial charge in [0, 0.05) is 60.2 Å². The molecule has 0 atom stereocenters. The maximum absolute atomic E-state index is 7.20. The Balaban J connectivity index is 0.969. The summed E-state index contributed by atoms with van der Waals surface area (Å²) in [5, 5.41) is 15.6. The molecular weight excluding hydrogens is 845 g/mol. The van der Waals surface area contributed by atoms with Gasteiger partial charge >= 0.3 is 0 Å². The van der Waals surface area contributed by atoms with Crippen molar-refractivity contribution in [2.24, 2.45) is 0 Å². The van der Waals surface area contributed by atoms with Gasteiger partial charge in [0.1, 0.15) is 22.3 Å². The van der Waals surface area contributed by atoms with E-state index in [-0.39, 0.29) is 0 Å². The van der Waals surface area contributed by atoms with Crippen LogP contribution in [-0.2, 0) is 0 Å². The van der Waals surface area contributed by atoms with Crippen molar-refractivity contribution in [3.05, 3.63) is 231 Å².